The number of rotatable bonds is 4. The Morgan fingerprint density at radius 2 is 1.81 bits per heavy atom. The molecule has 0 aliphatic carbocycles. The first-order chi connectivity index (χ1) is 13.0. The second-order valence-electron chi connectivity index (χ2n) is 7.30. The van der Waals surface area contributed by atoms with Crippen molar-refractivity contribution in [2.45, 2.75) is 32.1 Å². The molecule has 142 valence electrons. The fourth-order valence-electron chi connectivity index (χ4n) is 4.07. The summed E-state index contributed by atoms with van der Waals surface area (Å²) >= 11 is 0. The summed E-state index contributed by atoms with van der Waals surface area (Å²) in [4.78, 5) is 2.05. The highest BCUT2D eigenvalue weighted by Crippen LogP contribution is 2.38. The number of aryl methyl sites for hydroxylation is 1. The molecule has 0 unspecified atom stereocenters. The van der Waals surface area contributed by atoms with Crippen molar-refractivity contribution in [3.8, 4) is 16.9 Å². The first-order valence-electron chi connectivity index (χ1n) is 9.29. The molecule has 4 rings (SSSR count). The summed E-state index contributed by atoms with van der Waals surface area (Å²) in [6.45, 7) is 3.66. The molecule has 0 bridgehead atoms. The van der Waals surface area contributed by atoms with E-state index >= 15 is 0 Å². The number of piperidine rings is 1. The molecule has 1 fully saturated rings. The minimum atomic E-state index is -0.501. The van der Waals surface area contributed by atoms with Gasteiger partial charge in [-0.2, -0.15) is 0 Å². The number of nitrogens with zero attached hydrogens (tertiary/aromatic N) is 1. The number of hydrogen-bond donors (Lipinski definition) is 2. The van der Waals surface area contributed by atoms with Crippen LogP contribution in [-0.4, -0.2) is 47.5 Å². The number of hydrogen-bond acceptors (Lipinski definition) is 5. The SMILES string of the molecule is COc1cc2c(-c3ccccc3)c(C)oc2cc1CN1C[C@H](O)C[C@@H](O)C1. The van der Waals surface area contributed by atoms with Crippen molar-refractivity contribution in [1.82, 2.24) is 4.90 Å². The lowest BCUT2D eigenvalue weighted by Crippen LogP contribution is -2.45. The summed E-state index contributed by atoms with van der Waals surface area (Å²) in [7, 11) is 1.67. The van der Waals surface area contributed by atoms with E-state index in [2.05, 4.69) is 17.0 Å². The first kappa shape index (κ1) is 18.0. The Hall–Kier alpha value is -2.34. The van der Waals surface area contributed by atoms with Gasteiger partial charge in [-0.15, -0.1) is 0 Å². The molecule has 2 atom stereocenters. The van der Waals surface area contributed by atoms with E-state index in [1.165, 1.54) is 0 Å². The molecular formula is C22H25NO4. The van der Waals surface area contributed by atoms with Crippen LogP contribution in [0.15, 0.2) is 46.9 Å². The summed E-state index contributed by atoms with van der Waals surface area (Å²) in [5.74, 6) is 1.66. The van der Waals surface area contributed by atoms with Gasteiger partial charge in [0, 0.05) is 42.6 Å². The summed E-state index contributed by atoms with van der Waals surface area (Å²) in [5.41, 5.74) is 4.00. The summed E-state index contributed by atoms with van der Waals surface area (Å²) in [5, 5.41) is 20.9. The van der Waals surface area contributed by atoms with Crippen molar-refractivity contribution >= 4 is 11.0 Å². The van der Waals surface area contributed by atoms with Gasteiger partial charge in [-0.25, -0.2) is 0 Å². The van der Waals surface area contributed by atoms with E-state index in [1.807, 2.05) is 37.3 Å². The molecule has 2 heterocycles. The van der Waals surface area contributed by atoms with Crippen molar-refractivity contribution in [2.75, 3.05) is 20.2 Å². The standard InChI is InChI=1S/C22H25NO4/c1-14-22(15-6-4-3-5-7-15)19-10-20(26-2)16(8-21(19)27-14)11-23-12-17(24)9-18(25)13-23/h3-8,10,17-18,24-25H,9,11-13H2,1-2H3/t17-,18-/m1/s1. The highest BCUT2D eigenvalue weighted by Gasteiger charge is 2.25. The number of benzene rings is 2. The molecule has 0 spiro atoms. The van der Waals surface area contributed by atoms with Crippen LogP contribution in [0.1, 0.15) is 17.7 Å². The molecule has 1 aromatic heterocycles. The van der Waals surface area contributed by atoms with Crippen LogP contribution in [0.3, 0.4) is 0 Å². The predicted molar refractivity (Wildman–Crippen MR) is 105 cm³/mol. The zero-order valence-corrected chi connectivity index (χ0v) is 15.7. The van der Waals surface area contributed by atoms with Crippen molar-refractivity contribution < 1.29 is 19.4 Å². The van der Waals surface area contributed by atoms with Gasteiger partial charge in [-0.3, -0.25) is 4.90 Å². The van der Waals surface area contributed by atoms with E-state index in [9.17, 15) is 10.2 Å². The topological polar surface area (TPSA) is 66.1 Å². The number of furan rings is 1. The summed E-state index contributed by atoms with van der Waals surface area (Å²) in [6.07, 6.45) is -0.567. The Morgan fingerprint density at radius 1 is 1.11 bits per heavy atom. The quantitative estimate of drug-likeness (QED) is 0.740. The number of fused-ring (bicyclic) bond motifs is 1. The number of likely N-dealkylation sites (tertiary alicyclic amines) is 1. The van der Waals surface area contributed by atoms with Crippen LogP contribution in [0.2, 0.25) is 0 Å². The summed E-state index contributed by atoms with van der Waals surface area (Å²) < 4.78 is 11.7. The number of methoxy groups -OCH3 is 1. The lowest BCUT2D eigenvalue weighted by atomic mass is 10.00. The highest BCUT2D eigenvalue weighted by atomic mass is 16.5. The number of aliphatic hydroxyl groups excluding tert-OH is 2. The van der Waals surface area contributed by atoms with Crippen LogP contribution in [0.5, 0.6) is 5.75 Å². The molecule has 0 radical (unpaired) electrons. The van der Waals surface area contributed by atoms with Gasteiger partial charge in [0.15, 0.2) is 0 Å². The molecule has 27 heavy (non-hydrogen) atoms. The Labute approximate surface area is 158 Å². The minimum Gasteiger partial charge on any atom is -0.496 e. The van der Waals surface area contributed by atoms with Gasteiger partial charge in [-0.05, 0) is 24.6 Å². The zero-order chi connectivity index (χ0) is 19.0. The Balaban J connectivity index is 1.73. The number of β-amino-alcohol motifs (C(OH)–C–C–N with tert-alkyl or cyclic N) is 2. The molecule has 2 aromatic carbocycles. The van der Waals surface area contributed by atoms with Crippen LogP contribution in [-0.2, 0) is 6.54 Å². The fraction of sp³-hybridized carbons (Fsp3) is 0.364. The molecule has 0 amide bonds. The monoisotopic (exact) mass is 367 g/mol. The molecule has 1 saturated heterocycles. The van der Waals surface area contributed by atoms with E-state index in [-0.39, 0.29) is 0 Å². The van der Waals surface area contributed by atoms with Crippen molar-refractivity contribution in [2.24, 2.45) is 0 Å². The van der Waals surface area contributed by atoms with Gasteiger partial charge in [0.05, 0.1) is 19.3 Å². The average molecular weight is 367 g/mol. The second kappa shape index (κ2) is 7.35. The maximum absolute atomic E-state index is 9.94. The Morgan fingerprint density at radius 3 is 2.48 bits per heavy atom. The van der Waals surface area contributed by atoms with E-state index in [4.69, 9.17) is 9.15 Å². The molecule has 3 aromatic rings. The van der Waals surface area contributed by atoms with Gasteiger partial charge < -0.3 is 19.4 Å². The number of ether oxygens (including phenoxy) is 1. The largest absolute Gasteiger partial charge is 0.496 e. The van der Waals surface area contributed by atoms with Crippen molar-refractivity contribution in [3.63, 3.8) is 0 Å². The zero-order valence-electron chi connectivity index (χ0n) is 15.7. The predicted octanol–water partition coefficient (Wildman–Crippen LogP) is 3.34. The normalized spacial score (nSPS) is 20.9. The average Bonchev–Trinajstić information content (AvgIpc) is 2.95. The molecule has 2 N–H and O–H groups in total. The molecule has 0 saturated carbocycles. The Bertz CT molecular complexity index is 924. The van der Waals surface area contributed by atoms with E-state index in [0.29, 0.717) is 26.1 Å². The van der Waals surface area contributed by atoms with E-state index < -0.39 is 12.2 Å². The molecule has 5 nitrogen and oxygen atoms in total. The van der Waals surface area contributed by atoms with Crippen LogP contribution < -0.4 is 4.74 Å². The van der Waals surface area contributed by atoms with Gasteiger partial charge in [0.1, 0.15) is 17.1 Å². The van der Waals surface area contributed by atoms with Crippen LogP contribution >= 0.6 is 0 Å². The summed E-state index contributed by atoms with van der Waals surface area (Å²) in [6, 6.07) is 14.2. The van der Waals surface area contributed by atoms with Crippen LogP contribution in [0.4, 0.5) is 0 Å². The van der Waals surface area contributed by atoms with Crippen LogP contribution in [0.25, 0.3) is 22.1 Å². The smallest absolute Gasteiger partial charge is 0.135 e. The molecule has 1 aliphatic heterocycles. The van der Waals surface area contributed by atoms with Crippen LogP contribution in [0, 0.1) is 6.92 Å². The second-order valence-corrected chi connectivity index (χ2v) is 7.30. The third-order valence-electron chi connectivity index (χ3n) is 5.21. The van der Waals surface area contributed by atoms with Crippen molar-refractivity contribution in [3.05, 3.63) is 53.8 Å². The first-order valence-corrected chi connectivity index (χ1v) is 9.29. The third kappa shape index (κ3) is 3.58. The molecular weight excluding hydrogens is 342 g/mol. The van der Waals surface area contributed by atoms with E-state index in [0.717, 1.165) is 39.2 Å². The fourth-order valence-corrected chi connectivity index (χ4v) is 4.07. The molecule has 5 heteroatoms. The lowest BCUT2D eigenvalue weighted by molar-refractivity contribution is -0.0112. The maximum Gasteiger partial charge on any atom is 0.135 e. The van der Waals surface area contributed by atoms with Gasteiger partial charge >= 0.3 is 0 Å². The van der Waals surface area contributed by atoms with Gasteiger partial charge in [-0.1, -0.05) is 30.3 Å². The van der Waals surface area contributed by atoms with Crippen molar-refractivity contribution in [1.29, 1.82) is 0 Å². The third-order valence-corrected chi connectivity index (χ3v) is 5.21. The van der Waals surface area contributed by atoms with Gasteiger partial charge in [0.25, 0.3) is 0 Å². The van der Waals surface area contributed by atoms with E-state index in [1.54, 1.807) is 7.11 Å². The van der Waals surface area contributed by atoms with Gasteiger partial charge in [0.2, 0.25) is 0 Å². The lowest BCUT2D eigenvalue weighted by Gasteiger charge is -2.33. The minimum absolute atomic E-state index is 0.435. The highest BCUT2D eigenvalue weighted by molar-refractivity contribution is 5.97. The maximum atomic E-state index is 9.94. The Kier molecular flexibility index (Phi) is 4.91. The molecule has 1 aliphatic rings. The number of aliphatic hydroxyl groups is 2.